The summed E-state index contributed by atoms with van der Waals surface area (Å²) in [5.41, 5.74) is 4.83. The van der Waals surface area contributed by atoms with Crippen molar-refractivity contribution in [3.05, 3.63) is 58.7 Å². The molecule has 2 N–H and O–H groups in total. The van der Waals surface area contributed by atoms with E-state index in [1.807, 2.05) is 38.1 Å². The predicted molar refractivity (Wildman–Crippen MR) is 128 cm³/mol. The molecule has 0 aromatic heterocycles. The highest BCUT2D eigenvalue weighted by Gasteiger charge is 2.25. The van der Waals surface area contributed by atoms with Gasteiger partial charge >= 0.3 is 0 Å². The molecule has 3 rings (SSSR count). The molecule has 4 nitrogen and oxygen atoms in total. The van der Waals surface area contributed by atoms with E-state index < -0.39 is 0 Å². The molecule has 1 aliphatic rings. The maximum atomic E-state index is 12.2. The monoisotopic (exact) mass is 423 g/mol. The zero-order valence-corrected chi connectivity index (χ0v) is 19.6. The molecule has 0 heterocycles. The van der Waals surface area contributed by atoms with Gasteiger partial charge in [0.05, 0.1) is 0 Å². The summed E-state index contributed by atoms with van der Waals surface area (Å²) >= 11 is 0. The first kappa shape index (κ1) is 24.6. The van der Waals surface area contributed by atoms with E-state index in [-0.39, 0.29) is 23.4 Å². The Morgan fingerprint density at radius 2 is 1.68 bits per heavy atom. The molecule has 0 unspecified atom stereocenters. The van der Waals surface area contributed by atoms with Crippen molar-refractivity contribution < 1.29 is 14.7 Å². The van der Waals surface area contributed by atoms with Gasteiger partial charge in [-0.05, 0) is 93.7 Å². The van der Waals surface area contributed by atoms with Crippen molar-refractivity contribution in [2.45, 2.75) is 73.1 Å². The number of nitrogens with one attached hydrogen (secondary N) is 1. The number of aryl methyl sites for hydroxylation is 2. The molecule has 0 atom stereocenters. The van der Waals surface area contributed by atoms with Crippen LogP contribution in [0.5, 0.6) is 5.75 Å². The molecule has 1 fully saturated rings. The van der Waals surface area contributed by atoms with E-state index in [0.29, 0.717) is 0 Å². The van der Waals surface area contributed by atoms with Crippen molar-refractivity contribution in [1.29, 1.82) is 0 Å². The number of carbonyl (C=O) groups excluding carboxylic acids is 2. The average molecular weight is 424 g/mol. The Bertz CT molecular complexity index is 895. The van der Waals surface area contributed by atoms with Gasteiger partial charge in [0, 0.05) is 17.2 Å². The van der Waals surface area contributed by atoms with Crippen LogP contribution < -0.4 is 5.32 Å². The summed E-state index contributed by atoms with van der Waals surface area (Å²) in [5, 5.41) is 12.4. The zero-order valence-electron chi connectivity index (χ0n) is 19.6. The molecular weight excluding hydrogens is 386 g/mol. The summed E-state index contributed by atoms with van der Waals surface area (Å²) in [6, 6.07) is 11.1. The summed E-state index contributed by atoms with van der Waals surface area (Å²) < 4.78 is 0. The van der Waals surface area contributed by atoms with Crippen LogP contribution in [0.3, 0.4) is 0 Å². The first-order chi connectivity index (χ1) is 14.8. The Balaban J connectivity index is 0.000000245. The van der Waals surface area contributed by atoms with Gasteiger partial charge in [0.2, 0.25) is 5.91 Å². The molecule has 2 aromatic rings. The molecule has 31 heavy (non-hydrogen) atoms. The van der Waals surface area contributed by atoms with Gasteiger partial charge in [-0.2, -0.15) is 0 Å². The van der Waals surface area contributed by atoms with E-state index in [1.165, 1.54) is 30.4 Å². The number of rotatable bonds is 5. The lowest BCUT2D eigenvalue weighted by Gasteiger charge is -2.26. The van der Waals surface area contributed by atoms with Gasteiger partial charge in [-0.3, -0.25) is 9.59 Å². The fourth-order valence-corrected chi connectivity index (χ4v) is 4.31. The molecule has 0 aliphatic heterocycles. The van der Waals surface area contributed by atoms with Gasteiger partial charge in [-0.15, -0.1) is 0 Å². The fourth-order valence-electron chi connectivity index (χ4n) is 4.31. The number of anilines is 1. The van der Waals surface area contributed by atoms with Crippen molar-refractivity contribution in [3.63, 3.8) is 0 Å². The number of amides is 1. The molecule has 2 aromatic carbocycles. The Kier molecular flexibility index (Phi) is 9.29. The summed E-state index contributed by atoms with van der Waals surface area (Å²) in [5.74, 6) is 1.51. The molecule has 0 bridgehead atoms. The largest absolute Gasteiger partial charge is 0.508 e. The molecule has 4 heteroatoms. The molecule has 168 valence electrons. The maximum Gasteiger partial charge on any atom is 0.227 e. The van der Waals surface area contributed by atoms with Crippen LogP contribution in [0.4, 0.5) is 5.69 Å². The average Bonchev–Trinajstić information content (AvgIpc) is 2.76. The number of hydrogen-bond donors (Lipinski definition) is 2. The third-order valence-electron chi connectivity index (χ3n) is 6.40. The highest BCUT2D eigenvalue weighted by molar-refractivity contribution is 5.95. The molecule has 0 spiro atoms. The highest BCUT2D eigenvalue weighted by Crippen LogP contribution is 2.31. The first-order valence-corrected chi connectivity index (χ1v) is 11.5. The van der Waals surface area contributed by atoms with Gasteiger partial charge in [-0.1, -0.05) is 38.5 Å². The summed E-state index contributed by atoms with van der Waals surface area (Å²) in [6.07, 6.45) is 6.50. The molecule has 0 radical (unpaired) electrons. The van der Waals surface area contributed by atoms with Crippen LogP contribution in [0.2, 0.25) is 0 Å². The van der Waals surface area contributed by atoms with Crippen molar-refractivity contribution in [2.75, 3.05) is 5.32 Å². The second-order valence-corrected chi connectivity index (χ2v) is 8.63. The maximum absolute atomic E-state index is 12.2. The van der Waals surface area contributed by atoms with Crippen molar-refractivity contribution in [3.8, 4) is 5.75 Å². The van der Waals surface area contributed by atoms with Crippen LogP contribution in [-0.4, -0.2) is 16.8 Å². The molecule has 1 aliphatic carbocycles. The van der Waals surface area contributed by atoms with Gasteiger partial charge < -0.3 is 10.4 Å². The summed E-state index contributed by atoms with van der Waals surface area (Å²) in [4.78, 5) is 23.4. The minimum absolute atomic E-state index is 0.125. The Hall–Kier alpha value is -2.62. The standard InChI is InChI=1S/C16H23NO2.C11H14O/c1-3-12-4-6-13(7-5-12)16(19)17-14-8-9-15(18)11(2)10-14;1-4-10-8(2)6-5-7-11(10)9(3)12/h8-10,12-13,18H,3-7H2,1-2H3,(H,17,19);5-7H,4H2,1-3H3. The van der Waals surface area contributed by atoms with Gasteiger partial charge in [0.25, 0.3) is 0 Å². The molecule has 1 saturated carbocycles. The van der Waals surface area contributed by atoms with Crippen LogP contribution >= 0.6 is 0 Å². The molecular formula is C27H37NO3. The normalized spacial score (nSPS) is 18.0. The van der Waals surface area contributed by atoms with Crippen molar-refractivity contribution in [1.82, 2.24) is 0 Å². The smallest absolute Gasteiger partial charge is 0.227 e. The minimum atomic E-state index is 0.125. The van der Waals surface area contributed by atoms with Crippen molar-refractivity contribution in [2.24, 2.45) is 11.8 Å². The first-order valence-electron chi connectivity index (χ1n) is 11.5. The summed E-state index contributed by atoms with van der Waals surface area (Å²) in [6.45, 7) is 9.80. The number of Topliss-reactive ketones (excluding diaryl/α,β-unsaturated/α-hetero) is 1. The third kappa shape index (κ3) is 6.95. The Labute approximate surface area is 187 Å². The Morgan fingerprint density at radius 3 is 2.19 bits per heavy atom. The summed E-state index contributed by atoms with van der Waals surface area (Å²) in [7, 11) is 0. The second kappa shape index (κ2) is 11.7. The van der Waals surface area contributed by atoms with Gasteiger partial charge in [0.15, 0.2) is 5.78 Å². The van der Waals surface area contributed by atoms with Gasteiger partial charge in [0.1, 0.15) is 5.75 Å². The van der Waals surface area contributed by atoms with E-state index in [0.717, 1.165) is 42.0 Å². The topological polar surface area (TPSA) is 66.4 Å². The quantitative estimate of drug-likeness (QED) is 0.420. The fraction of sp³-hybridized carbons (Fsp3) is 0.481. The van der Waals surface area contributed by atoms with E-state index in [1.54, 1.807) is 19.1 Å². The predicted octanol–water partition coefficient (Wildman–Crippen LogP) is 6.62. The number of ketones is 1. The van der Waals surface area contributed by atoms with Crippen LogP contribution in [0.25, 0.3) is 0 Å². The lowest BCUT2D eigenvalue weighted by atomic mass is 9.80. The zero-order chi connectivity index (χ0) is 23.0. The van der Waals surface area contributed by atoms with Crippen LogP contribution in [0.1, 0.15) is 79.9 Å². The Morgan fingerprint density at radius 1 is 1.00 bits per heavy atom. The van der Waals surface area contributed by atoms with Crippen LogP contribution in [-0.2, 0) is 11.2 Å². The molecule has 1 amide bonds. The van der Waals surface area contributed by atoms with E-state index in [2.05, 4.69) is 19.2 Å². The van der Waals surface area contributed by atoms with Crippen molar-refractivity contribution >= 4 is 17.4 Å². The number of phenolic OH excluding ortho intramolecular Hbond substituents is 1. The highest BCUT2D eigenvalue weighted by atomic mass is 16.3. The number of carbonyl (C=O) groups is 2. The van der Waals surface area contributed by atoms with E-state index >= 15 is 0 Å². The molecule has 0 saturated heterocycles. The van der Waals surface area contributed by atoms with E-state index in [4.69, 9.17) is 0 Å². The minimum Gasteiger partial charge on any atom is -0.508 e. The third-order valence-corrected chi connectivity index (χ3v) is 6.40. The number of benzene rings is 2. The SMILES string of the molecule is CCC1CCC(C(=O)Nc2ccc(O)c(C)c2)CC1.CCc1c(C)cccc1C(C)=O. The lowest BCUT2D eigenvalue weighted by molar-refractivity contribution is -0.121. The van der Waals surface area contributed by atoms with E-state index in [9.17, 15) is 14.7 Å². The number of aromatic hydroxyl groups is 1. The number of phenols is 1. The van der Waals surface area contributed by atoms with Crippen LogP contribution in [0.15, 0.2) is 36.4 Å². The number of hydrogen-bond acceptors (Lipinski definition) is 3. The van der Waals surface area contributed by atoms with Crippen LogP contribution in [0, 0.1) is 25.7 Å². The second-order valence-electron chi connectivity index (χ2n) is 8.63. The van der Waals surface area contributed by atoms with Gasteiger partial charge in [-0.25, -0.2) is 0 Å². The lowest BCUT2D eigenvalue weighted by Crippen LogP contribution is -2.27.